The van der Waals surface area contributed by atoms with Crippen LogP contribution in [0.25, 0.3) is 11.5 Å². The molecule has 1 unspecified atom stereocenters. The van der Waals surface area contributed by atoms with E-state index >= 15 is 0 Å². The SMILES string of the molecule is O=C(Nc1cnn(CC2CCOC2)c1)c1cc(-c2ccccn2)on1. The lowest BCUT2D eigenvalue weighted by Crippen LogP contribution is -2.12. The van der Waals surface area contributed by atoms with Crippen molar-refractivity contribution in [2.24, 2.45) is 5.92 Å². The third kappa shape index (κ3) is 3.58. The minimum Gasteiger partial charge on any atom is -0.381 e. The summed E-state index contributed by atoms with van der Waals surface area (Å²) in [6.07, 6.45) is 6.11. The van der Waals surface area contributed by atoms with Crippen LogP contribution in [0.3, 0.4) is 0 Å². The number of aromatic nitrogens is 4. The number of amides is 1. The predicted octanol–water partition coefficient (Wildman–Crippen LogP) is 2.22. The summed E-state index contributed by atoms with van der Waals surface area (Å²) in [7, 11) is 0. The van der Waals surface area contributed by atoms with Gasteiger partial charge in [0, 0.05) is 37.5 Å². The molecule has 0 saturated carbocycles. The predicted molar refractivity (Wildman–Crippen MR) is 88.8 cm³/mol. The molecule has 1 aliphatic heterocycles. The number of carbonyl (C=O) groups excluding carboxylic acids is 1. The maximum Gasteiger partial charge on any atom is 0.277 e. The van der Waals surface area contributed by atoms with E-state index in [9.17, 15) is 4.79 Å². The molecular weight excluding hydrogens is 322 g/mol. The Balaban J connectivity index is 1.40. The number of rotatable bonds is 5. The van der Waals surface area contributed by atoms with Gasteiger partial charge < -0.3 is 14.6 Å². The molecule has 4 heterocycles. The zero-order valence-corrected chi connectivity index (χ0v) is 13.5. The Kier molecular flexibility index (Phi) is 4.26. The zero-order chi connectivity index (χ0) is 17.1. The van der Waals surface area contributed by atoms with Gasteiger partial charge in [0.25, 0.3) is 5.91 Å². The molecule has 25 heavy (non-hydrogen) atoms. The summed E-state index contributed by atoms with van der Waals surface area (Å²) >= 11 is 0. The number of hydrogen-bond acceptors (Lipinski definition) is 6. The molecular formula is C17H17N5O3. The van der Waals surface area contributed by atoms with Gasteiger partial charge in [-0.25, -0.2) is 0 Å². The summed E-state index contributed by atoms with van der Waals surface area (Å²) in [5, 5.41) is 10.9. The van der Waals surface area contributed by atoms with Crippen LogP contribution in [0.15, 0.2) is 47.4 Å². The molecule has 0 aliphatic carbocycles. The lowest BCUT2D eigenvalue weighted by Gasteiger charge is -2.06. The molecule has 8 heteroatoms. The number of nitrogens with one attached hydrogen (secondary N) is 1. The summed E-state index contributed by atoms with van der Waals surface area (Å²) in [6, 6.07) is 7.01. The van der Waals surface area contributed by atoms with Crippen LogP contribution in [0.2, 0.25) is 0 Å². The quantitative estimate of drug-likeness (QED) is 0.766. The van der Waals surface area contributed by atoms with Gasteiger partial charge in [0.2, 0.25) is 0 Å². The van der Waals surface area contributed by atoms with Crippen LogP contribution < -0.4 is 5.32 Å². The molecule has 1 fully saturated rings. The van der Waals surface area contributed by atoms with Crippen LogP contribution in [0.1, 0.15) is 16.9 Å². The highest BCUT2D eigenvalue weighted by atomic mass is 16.5. The molecule has 3 aromatic heterocycles. The molecule has 0 radical (unpaired) electrons. The molecule has 1 amide bonds. The first-order valence-corrected chi connectivity index (χ1v) is 8.07. The third-order valence-corrected chi connectivity index (χ3v) is 4.02. The van der Waals surface area contributed by atoms with Crippen LogP contribution >= 0.6 is 0 Å². The maximum atomic E-state index is 12.3. The first-order valence-electron chi connectivity index (χ1n) is 8.07. The van der Waals surface area contributed by atoms with Crippen LogP contribution in [0, 0.1) is 5.92 Å². The van der Waals surface area contributed by atoms with Gasteiger partial charge in [0.1, 0.15) is 5.69 Å². The Morgan fingerprint density at radius 3 is 3.16 bits per heavy atom. The molecule has 8 nitrogen and oxygen atoms in total. The minimum absolute atomic E-state index is 0.192. The Morgan fingerprint density at radius 1 is 1.40 bits per heavy atom. The highest BCUT2D eigenvalue weighted by Crippen LogP contribution is 2.19. The van der Waals surface area contributed by atoms with Gasteiger partial charge in [-0.15, -0.1) is 0 Å². The van der Waals surface area contributed by atoms with E-state index in [0.717, 1.165) is 26.2 Å². The third-order valence-electron chi connectivity index (χ3n) is 4.02. The summed E-state index contributed by atoms with van der Waals surface area (Å²) in [5.41, 5.74) is 1.43. The van der Waals surface area contributed by atoms with Crippen LogP contribution in [0.5, 0.6) is 0 Å². The van der Waals surface area contributed by atoms with Crippen molar-refractivity contribution < 1.29 is 14.1 Å². The Labute approximate surface area is 143 Å². The van der Waals surface area contributed by atoms with Crippen molar-refractivity contribution in [2.45, 2.75) is 13.0 Å². The van der Waals surface area contributed by atoms with Gasteiger partial charge in [0.05, 0.1) is 18.5 Å². The Morgan fingerprint density at radius 2 is 2.36 bits per heavy atom. The first kappa shape index (κ1) is 15.5. The van der Waals surface area contributed by atoms with E-state index in [1.54, 1.807) is 30.7 Å². The van der Waals surface area contributed by atoms with E-state index in [1.807, 2.05) is 16.8 Å². The van der Waals surface area contributed by atoms with Crippen molar-refractivity contribution >= 4 is 11.6 Å². The maximum absolute atomic E-state index is 12.3. The van der Waals surface area contributed by atoms with Gasteiger partial charge >= 0.3 is 0 Å². The fourth-order valence-corrected chi connectivity index (χ4v) is 2.73. The van der Waals surface area contributed by atoms with Crippen LogP contribution in [-0.4, -0.2) is 39.0 Å². The lowest BCUT2D eigenvalue weighted by molar-refractivity contribution is 0.101. The molecule has 1 saturated heterocycles. The Bertz CT molecular complexity index is 852. The number of anilines is 1. The summed E-state index contributed by atoms with van der Waals surface area (Å²) < 4.78 is 12.4. The van der Waals surface area contributed by atoms with Crippen molar-refractivity contribution in [1.29, 1.82) is 0 Å². The van der Waals surface area contributed by atoms with Crippen molar-refractivity contribution in [3.8, 4) is 11.5 Å². The monoisotopic (exact) mass is 339 g/mol. The normalized spacial score (nSPS) is 16.9. The second kappa shape index (κ2) is 6.86. The second-order valence-electron chi connectivity index (χ2n) is 5.93. The van der Waals surface area contributed by atoms with Gasteiger partial charge in [-0.2, -0.15) is 5.10 Å². The topological polar surface area (TPSA) is 95.1 Å². The van der Waals surface area contributed by atoms with E-state index < -0.39 is 0 Å². The van der Waals surface area contributed by atoms with E-state index in [0.29, 0.717) is 23.1 Å². The lowest BCUT2D eigenvalue weighted by atomic mass is 10.1. The molecule has 0 bridgehead atoms. The van der Waals surface area contributed by atoms with Gasteiger partial charge in [-0.3, -0.25) is 14.5 Å². The Hall–Kier alpha value is -3.00. The second-order valence-corrected chi connectivity index (χ2v) is 5.93. The summed E-state index contributed by atoms with van der Waals surface area (Å²) in [5.74, 6) is 0.567. The first-order chi connectivity index (χ1) is 12.3. The minimum atomic E-state index is -0.352. The fraction of sp³-hybridized carbons (Fsp3) is 0.294. The average molecular weight is 339 g/mol. The number of carbonyl (C=O) groups is 1. The van der Waals surface area contributed by atoms with Crippen LogP contribution in [-0.2, 0) is 11.3 Å². The molecule has 1 atom stereocenters. The van der Waals surface area contributed by atoms with E-state index in [1.165, 1.54) is 0 Å². The van der Waals surface area contributed by atoms with Crippen molar-refractivity contribution in [3.05, 3.63) is 48.5 Å². The number of hydrogen-bond donors (Lipinski definition) is 1. The molecule has 1 N–H and O–H groups in total. The van der Waals surface area contributed by atoms with E-state index in [4.69, 9.17) is 9.26 Å². The van der Waals surface area contributed by atoms with Crippen molar-refractivity contribution in [1.82, 2.24) is 19.9 Å². The van der Waals surface area contributed by atoms with Gasteiger partial charge in [-0.05, 0) is 18.6 Å². The molecule has 0 aromatic carbocycles. The average Bonchev–Trinajstić information content (AvgIpc) is 3.38. The largest absolute Gasteiger partial charge is 0.381 e. The summed E-state index contributed by atoms with van der Waals surface area (Å²) in [4.78, 5) is 16.5. The molecule has 128 valence electrons. The van der Waals surface area contributed by atoms with Crippen LogP contribution in [0.4, 0.5) is 5.69 Å². The van der Waals surface area contributed by atoms with Crippen molar-refractivity contribution in [3.63, 3.8) is 0 Å². The highest BCUT2D eigenvalue weighted by Gasteiger charge is 2.18. The van der Waals surface area contributed by atoms with Gasteiger partial charge in [-0.1, -0.05) is 11.2 Å². The molecule has 3 aromatic rings. The molecule has 4 rings (SSSR count). The van der Waals surface area contributed by atoms with Gasteiger partial charge in [0.15, 0.2) is 11.5 Å². The smallest absolute Gasteiger partial charge is 0.277 e. The zero-order valence-electron chi connectivity index (χ0n) is 13.5. The molecule has 1 aliphatic rings. The summed E-state index contributed by atoms with van der Waals surface area (Å²) in [6.45, 7) is 2.35. The highest BCUT2D eigenvalue weighted by molar-refractivity contribution is 6.03. The number of ether oxygens (including phenoxy) is 1. The van der Waals surface area contributed by atoms with E-state index in [2.05, 4.69) is 20.6 Å². The standard InChI is InChI=1S/C17H17N5O3/c23-17(15-7-16(25-21-15)14-3-1-2-5-18-14)20-13-8-19-22(10-13)9-12-4-6-24-11-12/h1-3,5,7-8,10,12H,4,6,9,11H2,(H,20,23). The van der Waals surface area contributed by atoms with Crippen molar-refractivity contribution in [2.75, 3.05) is 18.5 Å². The molecule has 0 spiro atoms. The fourth-order valence-electron chi connectivity index (χ4n) is 2.73. The van der Waals surface area contributed by atoms with E-state index in [-0.39, 0.29) is 11.6 Å². The number of pyridine rings is 1. The number of nitrogens with zero attached hydrogens (tertiary/aromatic N) is 4.